The zero-order valence-corrected chi connectivity index (χ0v) is 14.9. The Hall–Kier alpha value is -3.35. The quantitative estimate of drug-likeness (QED) is 0.706. The number of benzene rings is 1. The molecule has 3 aromatic rings. The summed E-state index contributed by atoms with van der Waals surface area (Å²) in [6.07, 6.45) is 1.42. The summed E-state index contributed by atoms with van der Waals surface area (Å²) in [5, 5.41) is 4.45. The van der Waals surface area contributed by atoms with Gasteiger partial charge in [0.1, 0.15) is 5.76 Å². The number of nitrogens with zero attached hydrogens (tertiary/aromatic N) is 2. The van der Waals surface area contributed by atoms with Crippen molar-refractivity contribution in [3.8, 4) is 0 Å². The van der Waals surface area contributed by atoms with Crippen molar-refractivity contribution in [2.24, 2.45) is 0 Å². The maximum absolute atomic E-state index is 12.5. The van der Waals surface area contributed by atoms with Crippen molar-refractivity contribution in [2.45, 2.75) is 27.3 Å². The molecule has 0 radical (unpaired) electrons. The molecule has 0 saturated heterocycles. The van der Waals surface area contributed by atoms with Crippen LogP contribution in [-0.2, 0) is 6.54 Å². The summed E-state index contributed by atoms with van der Waals surface area (Å²) in [4.78, 5) is 24.6. The number of nitrogens with one attached hydrogen (secondary N) is 2. The van der Waals surface area contributed by atoms with Crippen molar-refractivity contribution in [2.75, 3.05) is 0 Å². The van der Waals surface area contributed by atoms with E-state index in [0.717, 1.165) is 11.3 Å². The second-order valence-corrected chi connectivity index (χ2v) is 5.99. The molecule has 1 aromatic carbocycles. The molecule has 7 nitrogen and oxygen atoms in total. The number of amides is 2. The van der Waals surface area contributed by atoms with Gasteiger partial charge in [0, 0.05) is 5.69 Å². The molecule has 0 aliphatic carbocycles. The predicted octanol–water partition coefficient (Wildman–Crippen LogP) is 2.52. The molecular weight excluding hydrogens is 332 g/mol. The van der Waals surface area contributed by atoms with Crippen LogP contribution in [0.15, 0.2) is 47.1 Å². The topological polar surface area (TPSA) is 89.2 Å². The van der Waals surface area contributed by atoms with Gasteiger partial charge in [-0.3, -0.25) is 25.1 Å². The predicted molar refractivity (Wildman–Crippen MR) is 95.6 cm³/mol. The van der Waals surface area contributed by atoms with E-state index in [0.29, 0.717) is 29.1 Å². The van der Waals surface area contributed by atoms with E-state index in [1.807, 2.05) is 37.3 Å². The third kappa shape index (κ3) is 3.51. The molecular formula is C19H20N4O3. The van der Waals surface area contributed by atoms with Crippen molar-refractivity contribution in [3.63, 3.8) is 0 Å². The summed E-state index contributed by atoms with van der Waals surface area (Å²) in [7, 11) is 0. The van der Waals surface area contributed by atoms with E-state index < -0.39 is 11.8 Å². The Morgan fingerprint density at radius 2 is 1.73 bits per heavy atom. The van der Waals surface area contributed by atoms with E-state index in [-0.39, 0.29) is 0 Å². The highest BCUT2D eigenvalue weighted by molar-refractivity contribution is 6.00. The Morgan fingerprint density at radius 1 is 1.04 bits per heavy atom. The molecule has 2 amide bonds. The van der Waals surface area contributed by atoms with Crippen LogP contribution < -0.4 is 10.9 Å². The zero-order valence-electron chi connectivity index (χ0n) is 14.9. The Balaban J connectivity index is 1.71. The van der Waals surface area contributed by atoms with E-state index in [4.69, 9.17) is 4.42 Å². The van der Waals surface area contributed by atoms with Crippen molar-refractivity contribution in [1.82, 2.24) is 20.6 Å². The Morgan fingerprint density at radius 3 is 2.38 bits per heavy atom. The average molecular weight is 352 g/mol. The maximum atomic E-state index is 12.5. The monoisotopic (exact) mass is 352 g/mol. The molecule has 2 N–H and O–H groups in total. The third-order valence-electron chi connectivity index (χ3n) is 4.18. The van der Waals surface area contributed by atoms with E-state index >= 15 is 0 Å². The fraction of sp³-hybridized carbons (Fsp3) is 0.211. The number of aromatic nitrogens is 2. The summed E-state index contributed by atoms with van der Waals surface area (Å²) in [5.41, 5.74) is 8.09. The minimum absolute atomic E-state index is 0.374. The molecule has 0 spiro atoms. The third-order valence-corrected chi connectivity index (χ3v) is 4.18. The van der Waals surface area contributed by atoms with E-state index in [1.54, 1.807) is 24.6 Å². The lowest BCUT2D eigenvalue weighted by Gasteiger charge is -2.08. The number of rotatable bonds is 4. The molecule has 26 heavy (non-hydrogen) atoms. The van der Waals surface area contributed by atoms with Crippen LogP contribution in [0.1, 0.15) is 43.4 Å². The molecule has 0 unspecified atom stereocenters. The van der Waals surface area contributed by atoms with Gasteiger partial charge in [-0.15, -0.1) is 0 Å². The van der Waals surface area contributed by atoms with Crippen LogP contribution >= 0.6 is 0 Å². The summed E-state index contributed by atoms with van der Waals surface area (Å²) in [5.74, 6) is -0.356. The van der Waals surface area contributed by atoms with Crippen LogP contribution in [0.25, 0.3) is 0 Å². The van der Waals surface area contributed by atoms with Gasteiger partial charge < -0.3 is 4.42 Å². The average Bonchev–Trinajstić information content (AvgIpc) is 3.17. The number of hydrogen-bond donors (Lipinski definition) is 2. The van der Waals surface area contributed by atoms with E-state index in [9.17, 15) is 9.59 Å². The van der Waals surface area contributed by atoms with Crippen LogP contribution in [0.2, 0.25) is 0 Å². The molecule has 0 aliphatic heterocycles. The zero-order chi connectivity index (χ0) is 18.7. The van der Waals surface area contributed by atoms with Gasteiger partial charge in [-0.25, -0.2) is 0 Å². The summed E-state index contributed by atoms with van der Waals surface area (Å²) in [6.45, 7) is 5.85. The summed E-state index contributed by atoms with van der Waals surface area (Å²) >= 11 is 0. The molecule has 134 valence electrons. The lowest BCUT2D eigenvalue weighted by atomic mass is 10.2. The standard InChI is InChI=1S/C19H20N4O3/c1-12-17(13(2)23(22-12)11-15-7-5-4-6-8-15)19(25)21-20-18(24)16-9-10-26-14(16)3/h4-10H,11H2,1-3H3,(H,20,24)(H,21,25). The number of aryl methyl sites for hydroxylation is 2. The van der Waals surface area contributed by atoms with Crippen molar-refractivity contribution in [3.05, 3.63) is 76.5 Å². The molecule has 7 heteroatoms. The molecule has 0 aliphatic rings. The largest absolute Gasteiger partial charge is 0.469 e. The van der Waals surface area contributed by atoms with Crippen LogP contribution in [-0.4, -0.2) is 21.6 Å². The van der Waals surface area contributed by atoms with Crippen LogP contribution in [0.4, 0.5) is 0 Å². The number of furan rings is 1. The lowest BCUT2D eigenvalue weighted by Crippen LogP contribution is -2.42. The van der Waals surface area contributed by atoms with E-state index in [1.165, 1.54) is 6.26 Å². The first-order chi connectivity index (χ1) is 12.5. The highest BCUT2D eigenvalue weighted by Crippen LogP contribution is 2.15. The molecule has 3 rings (SSSR count). The van der Waals surface area contributed by atoms with Gasteiger partial charge in [-0.1, -0.05) is 30.3 Å². The van der Waals surface area contributed by atoms with E-state index in [2.05, 4.69) is 16.0 Å². The van der Waals surface area contributed by atoms with Gasteiger partial charge in [0.05, 0.1) is 29.6 Å². The van der Waals surface area contributed by atoms with Gasteiger partial charge in [-0.2, -0.15) is 5.10 Å². The minimum Gasteiger partial charge on any atom is -0.469 e. The summed E-state index contributed by atoms with van der Waals surface area (Å²) < 4.78 is 6.87. The lowest BCUT2D eigenvalue weighted by molar-refractivity contribution is 0.0845. The second-order valence-electron chi connectivity index (χ2n) is 5.99. The molecule has 0 atom stereocenters. The molecule has 2 heterocycles. The van der Waals surface area contributed by atoms with Gasteiger partial charge in [-0.05, 0) is 32.4 Å². The van der Waals surface area contributed by atoms with Gasteiger partial charge in [0.15, 0.2) is 0 Å². The first-order valence-electron chi connectivity index (χ1n) is 8.20. The van der Waals surface area contributed by atoms with Crippen LogP contribution in [0.5, 0.6) is 0 Å². The number of hydrogen-bond acceptors (Lipinski definition) is 4. The maximum Gasteiger partial charge on any atom is 0.273 e. The Kier molecular flexibility index (Phi) is 4.88. The van der Waals surface area contributed by atoms with Crippen LogP contribution in [0.3, 0.4) is 0 Å². The molecule has 0 fully saturated rings. The number of carbonyl (C=O) groups is 2. The first-order valence-corrected chi connectivity index (χ1v) is 8.20. The fourth-order valence-corrected chi connectivity index (χ4v) is 2.80. The Bertz CT molecular complexity index is 941. The van der Waals surface area contributed by atoms with Crippen molar-refractivity contribution in [1.29, 1.82) is 0 Å². The van der Waals surface area contributed by atoms with Crippen molar-refractivity contribution >= 4 is 11.8 Å². The summed E-state index contributed by atoms with van der Waals surface area (Å²) in [6, 6.07) is 11.4. The highest BCUT2D eigenvalue weighted by atomic mass is 16.3. The normalized spacial score (nSPS) is 10.6. The van der Waals surface area contributed by atoms with Gasteiger partial charge in [0.2, 0.25) is 0 Å². The second kappa shape index (κ2) is 7.26. The van der Waals surface area contributed by atoms with Gasteiger partial charge >= 0.3 is 0 Å². The molecule has 2 aromatic heterocycles. The minimum atomic E-state index is -0.434. The Labute approximate surface area is 151 Å². The molecule has 0 bridgehead atoms. The van der Waals surface area contributed by atoms with Crippen LogP contribution in [0, 0.1) is 20.8 Å². The number of carbonyl (C=O) groups excluding carboxylic acids is 2. The highest BCUT2D eigenvalue weighted by Gasteiger charge is 2.20. The SMILES string of the molecule is Cc1nn(Cc2ccccc2)c(C)c1C(=O)NNC(=O)c1ccoc1C. The smallest absolute Gasteiger partial charge is 0.273 e. The fourth-order valence-electron chi connectivity index (χ4n) is 2.80. The van der Waals surface area contributed by atoms with Gasteiger partial charge in [0.25, 0.3) is 11.8 Å². The number of hydrazine groups is 1. The molecule has 0 saturated carbocycles. The first kappa shape index (κ1) is 17.5. The van der Waals surface area contributed by atoms with Crippen molar-refractivity contribution < 1.29 is 14.0 Å².